The fraction of sp³-hybridized carbons (Fsp3) is 0.458. The van der Waals surface area contributed by atoms with Crippen molar-refractivity contribution in [2.24, 2.45) is 0 Å². The third-order valence-corrected chi connectivity index (χ3v) is 9.73. The SMILES string of the molecule is CCc1cc2c(N3CCN(C(=O)c4ccc(S(=O)(=O)N5CCCCC5)cc4)CC3)ncnc2s1. The largest absolute Gasteiger partial charge is 0.352 e. The van der Waals surface area contributed by atoms with Gasteiger partial charge in [0.15, 0.2) is 0 Å². The molecule has 8 nitrogen and oxygen atoms in total. The second-order valence-electron chi connectivity index (χ2n) is 8.75. The second kappa shape index (κ2) is 9.59. The molecular weight excluding hydrogens is 470 g/mol. The van der Waals surface area contributed by atoms with Gasteiger partial charge < -0.3 is 9.80 Å². The molecule has 0 radical (unpaired) electrons. The Morgan fingerprint density at radius 2 is 1.68 bits per heavy atom. The van der Waals surface area contributed by atoms with E-state index in [0.29, 0.717) is 44.8 Å². The zero-order valence-electron chi connectivity index (χ0n) is 19.3. The first-order valence-electron chi connectivity index (χ1n) is 11.8. The third-order valence-electron chi connectivity index (χ3n) is 6.63. The van der Waals surface area contributed by atoms with E-state index in [-0.39, 0.29) is 10.8 Å². The number of piperazine rings is 1. The maximum Gasteiger partial charge on any atom is 0.253 e. The number of amides is 1. The predicted octanol–water partition coefficient (Wildman–Crippen LogP) is 3.39. The Bertz CT molecular complexity index is 1280. The van der Waals surface area contributed by atoms with Crippen LogP contribution in [0.5, 0.6) is 0 Å². The van der Waals surface area contributed by atoms with Crippen molar-refractivity contribution in [3.05, 3.63) is 47.1 Å². The number of thiophene rings is 1. The molecule has 0 N–H and O–H groups in total. The number of aromatic nitrogens is 2. The number of carbonyl (C=O) groups is 1. The number of hydrogen-bond acceptors (Lipinski definition) is 7. The molecule has 2 aliphatic heterocycles. The first-order valence-corrected chi connectivity index (χ1v) is 14.1. The molecule has 0 atom stereocenters. The summed E-state index contributed by atoms with van der Waals surface area (Å²) in [4.78, 5) is 28.6. The number of rotatable bonds is 5. The quantitative estimate of drug-likeness (QED) is 0.535. The molecule has 0 saturated carbocycles. The van der Waals surface area contributed by atoms with Crippen LogP contribution in [0, 0.1) is 0 Å². The van der Waals surface area contributed by atoms with Crippen LogP contribution in [0.3, 0.4) is 0 Å². The van der Waals surface area contributed by atoms with Crippen molar-refractivity contribution in [2.75, 3.05) is 44.2 Å². The van der Waals surface area contributed by atoms with E-state index in [1.807, 2.05) is 4.90 Å². The first kappa shape index (κ1) is 23.2. The van der Waals surface area contributed by atoms with E-state index in [2.05, 4.69) is 27.9 Å². The van der Waals surface area contributed by atoms with Crippen molar-refractivity contribution >= 4 is 43.3 Å². The van der Waals surface area contributed by atoms with E-state index >= 15 is 0 Å². The van der Waals surface area contributed by atoms with Crippen LogP contribution in [0.25, 0.3) is 10.2 Å². The minimum absolute atomic E-state index is 0.0711. The number of sulfonamides is 1. The lowest BCUT2D eigenvalue weighted by Gasteiger charge is -2.35. The van der Waals surface area contributed by atoms with Crippen LogP contribution < -0.4 is 4.90 Å². The molecule has 0 bridgehead atoms. The molecular formula is C24H29N5O3S2. The first-order chi connectivity index (χ1) is 16.5. The highest BCUT2D eigenvalue weighted by Crippen LogP contribution is 2.31. The zero-order chi connectivity index (χ0) is 23.7. The van der Waals surface area contributed by atoms with Crippen molar-refractivity contribution < 1.29 is 13.2 Å². The number of carbonyl (C=O) groups excluding carboxylic acids is 1. The molecule has 2 fully saturated rings. The molecule has 0 unspecified atom stereocenters. The number of fused-ring (bicyclic) bond motifs is 1. The minimum Gasteiger partial charge on any atom is -0.352 e. The Balaban J connectivity index is 1.25. The Morgan fingerprint density at radius 3 is 2.35 bits per heavy atom. The molecule has 2 aliphatic rings. The Morgan fingerprint density at radius 1 is 0.971 bits per heavy atom. The van der Waals surface area contributed by atoms with Crippen molar-refractivity contribution in [1.29, 1.82) is 0 Å². The van der Waals surface area contributed by atoms with Gasteiger partial charge in [0.1, 0.15) is 17.0 Å². The van der Waals surface area contributed by atoms with Crippen molar-refractivity contribution in [1.82, 2.24) is 19.2 Å². The van der Waals surface area contributed by atoms with E-state index in [0.717, 1.165) is 41.7 Å². The molecule has 2 aromatic heterocycles. The van der Waals surface area contributed by atoms with Crippen LogP contribution in [0.4, 0.5) is 5.82 Å². The lowest BCUT2D eigenvalue weighted by Crippen LogP contribution is -2.49. The number of nitrogens with zero attached hydrogens (tertiary/aromatic N) is 5. The van der Waals surface area contributed by atoms with Crippen LogP contribution in [0.2, 0.25) is 0 Å². The van der Waals surface area contributed by atoms with E-state index in [4.69, 9.17) is 0 Å². The summed E-state index contributed by atoms with van der Waals surface area (Å²) in [6.07, 6.45) is 5.45. The van der Waals surface area contributed by atoms with E-state index < -0.39 is 10.0 Å². The summed E-state index contributed by atoms with van der Waals surface area (Å²) in [5.74, 6) is 0.860. The van der Waals surface area contributed by atoms with Gasteiger partial charge in [0.2, 0.25) is 10.0 Å². The lowest BCUT2D eigenvalue weighted by atomic mass is 10.2. The van der Waals surface area contributed by atoms with Crippen molar-refractivity contribution in [3.8, 4) is 0 Å². The highest BCUT2D eigenvalue weighted by molar-refractivity contribution is 7.89. The highest BCUT2D eigenvalue weighted by Gasteiger charge is 2.27. The van der Waals surface area contributed by atoms with Gasteiger partial charge in [0, 0.05) is 49.7 Å². The van der Waals surface area contributed by atoms with E-state index in [9.17, 15) is 13.2 Å². The predicted molar refractivity (Wildman–Crippen MR) is 134 cm³/mol. The number of hydrogen-bond donors (Lipinski definition) is 0. The molecule has 1 amide bonds. The van der Waals surface area contributed by atoms with E-state index in [1.54, 1.807) is 46.2 Å². The topological polar surface area (TPSA) is 86.7 Å². The molecule has 0 spiro atoms. The number of anilines is 1. The van der Waals surface area contributed by atoms with Crippen LogP contribution in [0.1, 0.15) is 41.4 Å². The summed E-state index contributed by atoms with van der Waals surface area (Å²) < 4.78 is 27.3. The molecule has 5 rings (SSSR count). The maximum absolute atomic E-state index is 13.1. The fourth-order valence-corrected chi connectivity index (χ4v) is 7.09. The fourth-order valence-electron chi connectivity index (χ4n) is 4.65. The van der Waals surface area contributed by atoms with E-state index in [1.165, 1.54) is 4.88 Å². The van der Waals surface area contributed by atoms with Crippen LogP contribution in [-0.4, -0.2) is 72.8 Å². The molecule has 3 aromatic rings. The average Bonchev–Trinajstić information content (AvgIpc) is 3.33. The van der Waals surface area contributed by atoms with Crippen LogP contribution in [-0.2, 0) is 16.4 Å². The van der Waals surface area contributed by atoms with Gasteiger partial charge in [-0.05, 0) is 49.6 Å². The molecule has 180 valence electrons. The molecule has 34 heavy (non-hydrogen) atoms. The average molecular weight is 500 g/mol. The summed E-state index contributed by atoms with van der Waals surface area (Å²) in [6, 6.07) is 8.57. The van der Waals surface area contributed by atoms with Gasteiger partial charge in [-0.3, -0.25) is 4.79 Å². The smallest absolute Gasteiger partial charge is 0.253 e. The molecule has 0 aliphatic carbocycles. The molecule has 10 heteroatoms. The number of piperidine rings is 1. The van der Waals surface area contributed by atoms with Gasteiger partial charge in [0.25, 0.3) is 5.91 Å². The Labute approximate surface area is 204 Å². The number of benzene rings is 1. The summed E-state index contributed by atoms with van der Waals surface area (Å²) >= 11 is 1.70. The van der Waals surface area contributed by atoms with Gasteiger partial charge >= 0.3 is 0 Å². The van der Waals surface area contributed by atoms with Gasteiger partial charge in [-0.15, -0.1) is 11.3 Å². The normalized spacial score (nSPS) is 17.9. The Hall–Kier alpha value is -2.56. The highest BCUT2D eigenvalue weighted by atomic mass is 32.2. The van der Waals surface area contributed by atoms with Gasteiger partial charge in [-0.1, -0.05) is 13.3 Å². The molecule has 1 aromatic carbocycles. The van der Waals surface area contributed by atoms with Crippen molar-refractivity contribution in [3.63, 3.8) is 0 Å². The van der Waals surface area contributed by atoms with Gasteiger partial charge in [-0.2, -0.15) is 4.31 Å². The second-order valence-corrected chi connectivity index (χ2v) is 11.8. The standard InChI is InChI=1S/C24H29N5O3S2/c1-2-19-16-21-22(25-17-26-23(21)33-19)27-12-14-28(15-13-27)24(30)18-6-8-20(9-7-18)34(31,32)29-10-4-3-5-11-29/h6-9,16-17H,2-5,10-15H2,1H3. The summed E-state index contributed by atoms with van der Waals surface area (Å²) in [5.41, 5.74) is 0.515. The third kappa shape index (κ3) is 4.42. The van der Waals surface area contributed by atoms with Crippen LogP contribution >= 0.6 is 11.3 Å². The van der Waals surface area contributed by atoms with Crippen molar-refractivity contribution in [2.45, 2.75) is 37.5 Å². The lowest BCUT2D eigenvalue weighted by molar-refractivity contribution is 0.0746. The zero-order valence-corrected chi connectivity index (χ0v) is 20.9. The number of aryl methyl sites for hydroxylation is 1. The minimum atomic E-state index is -3.50. The van der Waals surface area contributed by atoms with Gasteiger partial charge in [-0.25, -0.2) is 18.4 Å². The molecule has 2 saturated heterocycles. The summed E-state index contributed by atoms with van der Waals surface area (Å²) in [7, 11) is -3.50. The Kier molecular flexibility index (Phi) is 6.54. The summed E-state index contributed by atoms with van der Waals surface area (Å²) in [5, 5.41) is 1.08. The van der Waals surface area contributed by atoms with Gasteiger partial charge in [0.05, 0.1) is 10.3 Å². The summed E-state index contributed by atoms with van der Waals surface area (Å²) in [6.45, 7) is 5.82. The molecule has 4 heterocycles. The van der Waals surface area contributed by atoms with Crippen LogP contribution in [0.15, 0.2) is 41.6 Å². The maximum atomic E-state index is 13.1. The monoisotopic (exact) mass is 499 g/mol.